The second kappa shape index (κ2) is 7.70. The van der Waals surface area contributed by atoms with Crippen LogP contribution in [-0.2, 0) is 0 Å². The maximum atomic E-state index is 14.0. The van der Waals surface area contributed by atoms with Gasteiger partial charge < -0.3 is 15.7 Å². The molecular formula is C19H20F3N5O2. The number of aliphatic hydroxyl groups is 1. The number of halogens is 3. The summed E-state index contributed by atoms with van der Waals surface area (Å²) in [6.07, 6.45) is 2.87. The Kier molecular flexibility index (Phi) is 5.47. The van der Waals surface area contributed by atoms with Crippen LogP contribution in [0.4, 0.5) is 19.0 Å². The van der Waals surface area contributed by atoms with E-state index in [1.165, 1.54) is 29.9 Å². The molecule has 1 atom stereocenters. The average Bonchev–Trinajstić information content (AvgIpc) is 3.07. The third kappa shape index (κ3) is 4.32. The Morgan fingerprint density at radius 3 is 2.72 bits per heavy atom. The minimum atomic E-state index is -1.28. The van der Waals surface area contributed by atoms with Crippen LogP contribution < -0.4 is 10.6 Å². The minimum Gasteiger partial charge on any atom is -0.394 e. The van der Waals surface area contributed by atoms with Gasteiger partial charge in [-0.1, -0.05) is 0 Å². The summed E-state index contributed by atoms with van der Waals surface area (Å²) in [6.45, 7) is 4.58. The number of hydrogen-bond acceptors (Lipinski definition) is 5. The Morgan fingerprint density at radius 1 is 1.31 bits per heavy atom. The zero-order valence-electron chi connectivity index (χ0n) is 16.0. The third-order valence-corrected chi connectivity index (χ3v) is 4.31. The van der Waals surface area contributed by atoms with Gasteiger partial charge in [0.25, 0.3) is 5.91 Å². The lowest BCUT2D eigenvalue weighted by atomic mass is 10.1. The molecule has 29 heavy (non-hydrogen) atoms. The van der Waals surface area contributed by atoms with Crippen molar-refractivity contribution in [2.75, 3.05) is 11.9 Å². The fourth-order valence-corrected chi connectivity index (χ4v) is 2.71. The smallest absolute Gasteiger partial charge is 0.257 e. The van der Waals surface area contributed by atoms with Gasteiger partial charge in [-0.05, 0) is 32.9 Å². The van der Waals surface area contributed by atoms with Gasteiger partial charge >= 0.3 is 0 Å². The molecule has 7 nitrogen and oxygen atoms in total. The van der Waals surface area contributed by atoms with Crippen molar-refractivity contribution in [3.05, 3.63) is 59.2 Å². The number of nitrogens with zero attached hydrogens (tertiary/aromatic N) is 3. The van der Waals surface area contributed by atoms with Gasteiger partial charge in [-0.25, -0.2) is 22.7 Å². The summed E-state index contributed by atoms with van der Waals surface area (Å²) in [5.41, 5.74) is -0.639. The number of aromatic nitrogens is 3. The van der Waals surface area contributed by atoms with Gasteiger partial charge in [0.15, 0.2) is 17.3 Å². The van der Waals surface area contributed by atoms with Crippen LogP contribution in [0.25, 0.3) is 5.65 Å². The zero-order chi connectivity index (χ0) is 21.3. The first-order chi connectivity index (χ1) is 13.6. The molecule has 3 N–H and O–H groups in total. The van der Waals surface area contributed by atoms with E-state index in [1.807, 2.05) is 0 Å². The van der Waals surface area contributed by atoms with Crippen LogP contribution in [0.15, 0.2) is 30.6 Å². The number of anilines is 1. The molecule has 1 aromatic carbocycles. The molecule has 0 unspecified atom stereocenters. The van der Waals surface area contributed by atoms with Crippen molar-refractivity contribution in [3.63, 3.8) is 0 Å². The molecular weight excluding hydrogens is 387 g/mol. The van der Waals surface area contributed by atoms with Gasteiger partial charge in [0.05, 0.1) is 24.4 Å². The number of rotatable bonds is 6. The summed E-state index contributed by atoms with van der Waals surface area (Å²) in [7, 11) is 0. The van der Waals surface area contributed by atoms with Crippen LogP contribution >= 0.6 is 0 Å². The van der Waals surface area contributed by atoms with Crippen molar-refractivity contribution in [2.24, 2.45) is 0 Å². The van der Waals surface area contributed by atoms with E-state index in [1.54, 1.807) is 13.8 Å². The quantitative estimate of drug-likeness (QED) is 0.547. The summed E-state index contributed by atoms with van der Waals surface area (Å²) in [5.74, 6) is -3.54. The number of nitrogens with one attached hydrogen (secondary N) is 2. The van der Waals surface area contributed by atoms with Crippen LogP contribution in [-0.4, -0.2) is 37.8 Å². The molecule has 0 spiro atoms. The molecule has 154 valence electrons. The molecule has 3 rings (SSSR count). The highest BCUT2D eigenvalue weighted by Gasteiger charge is 2.23. The Balaban J connectivity index is 1.89. The highest BCUT2D eigenvalue weighted by Crippen LogP contribution is 2.24. The van der Waals surface area contributed by atoms with Gasteiger partial charge in [0.2, 0.25) is 0 Å². The van der Waals surface area contributed by atoms with Crippen LogP contribution in [0, 0.1) is 17.5 Å². The first-order valence-corrected chi connectivity index (χ1v) is 8.80. The minimum absolute atomic E-state index is 0.172. The van der Waals surface area contributed by atoms with E-state index in [9.17, 15) is 23.1 Å². The van der Waals surface area contributed by atoms with Crippen molar-refractivity contribution in [1.29, 1.82) is 0 Å². The normalized spacial score (nSPS) is 12.8. The molecule has 0 fully saturated rings. The maximum Gasteiger partial charge on any atom is 0.257 e. The molecule has 0 aliphatic rings. The number of amides is 1. The molecule has 3 aromatic rings. The highest BCUT2D eigenvalue weighted by atomic mass is 19.2. The van der Waals surface area contributed by atoms with E-state index in [4.69, 9.17) is 0 Å². The lowest BCUT2D eigenvalue weighted by Gasteiger charge is -2.23. The monoisotopic (exact) mass is 407 g/mol. The van der Waals surface area contributed by atoms with Gasteiger partial charge in [-0.2, -0.15) is 5.10 Å². The van der Waals surface area contributed by atoms with Crippen molar-refractivity contribution >= 4 is 17.4 Å². The molecule has 1 amide bonds. The summed E-state index contributed by atoms with van der Waals surface area (Å²) in [5, 5.41) is 18.9. The predicted molar refractivity (Wildman–Crippen MR) is 100.0 cm³/mol. The van der Waals surface area contributed by atoms with E-state index < -0.39 is 34.9 Å². The lowest BCUT2D eigenvalue weighted by molar-refractivity contribution is 0.0871. The predicted octanol–water partition coefficient (Wildman–Crippen LogP) is 2.82. The van der Waals surface area contributed by atoms with Crippen molar-refractivity contribution < 1.29 is 23.1 Å². The Labute approximate surface area is 164 Å². The van der Waals surface area contributed by atoms with E-state index in [0.29, 0.717) is 6.07 Å². The van der Waals surface area contributed by atoms with Crippen molar-refractivity contribution in [3.8, 4) is 0 Å². The SMILES string of the molecule is C[C@@H](Nc1ccn2ncc(C(=O)NC(C)(C)CO)c2n1)c1cc(F)cc(F)c1F. The van der Waals surface area contributed by atoms with Crippen molar-refractivity contribution in [1.82, 2.24) is 19.9 Å². The first kappa shape index (κ1) is 20.6. The van der Waals surface area contributed by atoms with Gasteiger partial charge in [-0.15, -0.1) is 0 Å². The van der Waals surface area contributed by atoms with Crippen LogP contribution in [0.3, 0.4) is 0 Å². The molecule has 0 saturated heterocycles. The van der Waals surface area contributed by atoms with Crippen LogP contribution in [0.5, 0.6) is 0 Å². The standard InChI is InChI=1S/C19H20F3N5O2/c1-10(12-6-11(20)7-14(21)16(12)22)24-15-4-5-27-17(25-15)13(8-23-27)18(29)26-19(2,3)9-28/h4-8,10,28H,9H2,1-3H3,(H,24,25)(H,26,29)/t10-/m1/s1. The second-order valence-corrected chi connectivity index (χ2v) is 7.29. The Morgan fingerprint density at radius 2 is 2.03 bits per heavy atom. The average molecular weight is 407 g/mol. The number of hydrogen-bond donors (Lipinski definition) is 3. The number of carbonyl (C=O) groups excluding carboxylic acids is 1. The third-order valence-electron chi connectivity index (χ3n) is 4.31. The Bertz CT molecular complexity index is 1070. The van der Waals surface area contributed by atoms with E-state index in [-0.39, 0.29) is 29.2 Å². The van der Waals surface area contributed by atoms with Crippen molar-refractivity contribution in [2.45, 2.75) is 32.4 Å². The molecule has 0 aliphatic carbocycles. The van der Waals surface area contributed by atoms with Gasteiger partial charge in [0.1, 0.15) is 17.2 Å². The molecule has 10 heteroatoms. The summed E-state index contributed by atoms with van der Waals surface area (Å²) >= 11 is 0. The molecule has 2 aromatic heterocycles. The fraction of sp³-hybridized carbons (Fsp3) is 0.316. The van der Waals surface area contributed by atoms with E-state index in [2.05, 4.69) is 20.7 Å². The highest BCUT2D eigenvalue weighted by molar-refractivity contribution is 6.00. The topological polar surface area (TPSA) is 91.5 Å². The molecule has 0 radical (unpaired) electrons. The molecule has 0 bridgehead atoms. The second-order valence-electron chi connectivity index (χ2n) is 7.29. The molecule has 2 heterocycles. The maximum absolute atomic E-state index is 14.0. The van der Waals surface area contributed by atoms with Gasteiger partial charge in [-0.3, -0.25) is 4.79 Å². The van der Waals surface area contributed by atoms with E-state index in [0.717, 1.165) is 6.07 Å². The number of aliphatic hydroxyl groups excluding tert-OH is 1. The summed E-state index contributed by atoms with van der Waals surface area (Å²) < 4.78 is 42.3. The summed E-state index contributed by atoms with van der Waals surface area (Å²) in [6, 6.07) is 2.11. The first-order valence-electron chi connectivity index (χ1n) is 8.80. The Hall–Kier alpha value is -3.14. The van der Waals surface area contributed by atoms with Gasteiger partial charge in [0, 0.05) is 17.8 Å². The number of fused-ring (bicyclic) bond motifs is 1. The number of carbonyl (C=O) groups is 1. The fourth-order valence-electron chi connectivity index (χ4n) is 2.71. The summed E-state index contributed by atoms with van der Waals surface area (Å²) in [4.78, 5) is 16.8. The van der Waals surface area contributed by atoms with Crippen LogP contribution in [0.1, 0.15) is 42.7 Å². The molecule has 0 saturated carbocycles. The number of benzene rings is 1. The lowest BCUT2D eigenvalue weighted by Crippen LogP contribution is -2.46. The largest absolute Gasteiger partial charge is 0.394 e. The molecule has 0 aliphatic heterocycles. The van der Waals surface area contributed by atoms with Crippen LogP contribution in [0.2, 0.25) is 0 Å². The zero-order valence-corrected chi connectivity index (χ0v) is 16.0. The van der Waals surface area contributed by atoms with E-state index >= 15 is 0 Å².